The molecule has 0 fully saturated rings. The van der Waals surface area contributed by atoms with E-state index in [4.69, 9.17) is 0 Å². The van der Waals surface area contributed by atoms with E-state index in [1.807, 2.05) is 32.9 Å². The molecule has 0 amide bonds. The van der Waals surface area contributed by atoms with Crippen molar-refractivity contribution in [3.63, 3.8) is 0 Å². The fraction of sp³-hybridized carbons (Fsp3) is 0.600. The molecule has 3 nitrogen and oxygen atoms in total. The van der Waals surface area contributed by atoms with Crippen molar-refractivity contribution in [1.82, 2.24) is 0 Å². The summed E-state index contributed by atoms with van der Waals surface area (Å²) in [5, 5.41) is 29.5. The standard InChI is InChI=1S/C15H24O3/c1-4-5-14(17)15(18)9-11(3)12-8-10(2)6-7-13(12)16/h6-8,11,14-18H,4-5,9H2,1-3H3. The number of aryl methyl sites for hydroxylation is 1. The summed E-state index contributed by atoms with van der Waals surface area (Å²) >= 11 is 0. The van der Waals surface area contributed by atoms with Gasteiger partial charge >= 0.3 is 0 Å². The second-order valence-electron chi connectivity index (χ2n) is 5.12. The first-order valence-electron chi connectivity index (χ1n) is 6.61. The predicted octanol–water partition coefficient (Wildman–Crippen LogP) is 2.72. The maximum Gasteiger partial charge on any atom is 0.119 e. The molecule has 0 aliphatic carbocycles. The van der Waals surface area contributed by atoms with Crippen LogP contribution in [-0.2, 0) is 0 Å². The Morgan fingerprint density at radius 3 is 2.44 bits per heavy atom. The highest BCUT2D eigenvalue weighted by molar-refractivity contribution is 5.38. The Morgan fingerprint density at radius 1 is 1.17 bits per heavy atom. The van der Waals surface area contributed by atoms with Crippen LogP contribution in [-0.4, -0.2) is 27.5 Å². The van der Waals surface area contributed by atoms with Crippen LogP contribution < -0.4 is 0 Å². The van der Waals surface area contributed by atoms with Crippen molar-refractivity contribution in [1.29, 1.82) is 0 Å². The molecule has 1 aromatic rings. The van der Waals surface area contributed by atoms with E-state index in [9.17, 15) is 15.3 Å². The highest BCUT2D eigenvalue weighted by atomic mass is 16.3. The third-order valence-electron chi connectivity index (χ3n) is 3.34. The molecule has 18 heavy (non-hydrogen) atoms. The van der Waals surface area contributed by atoms with Crippen LogP contribution in [0.2, 0.25) is 0 Å². The zero-order chi connectivity index (χ0) is 13.7. The number of phenols is 1. The van der Waals surface area contributed by atoms with Gasteiger partial charge in [0.05, 0.1) is 12.2 Å². The molecule has 0 bridgehead atoms. The van der Waals surface area contributed by atoms with Crippen molar-refractivity contribution in [2.24, 2.45) is 0 Å². The zero-order valence-corrected chi connectivity index (χ0v) is 11.4. The van der Waals surface area contributed by atoms with Crippen molar-refractivity contribution in [2.45, 2.75) is 58.2 Å². The van der Waals surface area contributed by atoms with Crippen LogP contribution in [0, 0.1) is 6.92 Å². The molecule has 102 valence electrons. The van der Waals surface area contributed by atoms with Crippen LogP contribution in [0.5, 0.6) is 5.75 Å². The second-order valence-corrected chi connectivity index (χ2v) is 5.12. The highest BCUT2D eigenvalue weighted by Gasteiger charge is 2.20. The lowest BCUT2D eigenvalue weighted by atomic mass is 9.90. The third-order valence-corrected chi connectivity index (χ3v) is 3.34. The molecule has 0 spiro atoms. The Balaban J connectivity index is 2.69. The minimum absolute atomic E-state index is 0.0198. The Labute approximate surface area is 109 Å². The van der Waals surface area contributed by atoms with E-state index in [-0.39, 0.29) is 11.7 Å². The first-order valence-corrected chi connectivity index (χ1v) is 6.61. The van der Waals surface area contributed by atoms with Crippen LogP contribution >= 0.6 is 0 Å². The molecule has 0 aliphatic heterocycles. The van der Waals surface area contributed by atoms with E-state index < -0.39 is 12.2 Å². The minimum Gasteiger partial charge on any atom is -0.508 e. The molecule has 1 aromatic carbocycles. The minimum atomic E-state index is -0.736. The van der Waals surface area contributed by atoms with Crippen LogP contribution in [0.3, 0.4) is 0 Å². The van der Waals surface area contributed by atoms with E-state index in [1.54, 1.807) is 6.07 Å². The summed E-state index contributed by atoms with van der Waals surface area (Å²) in [4.78, 5) is 0. The molecular formula is C15H24O3. The zero-order valence-electron chi connectivity index (χ0n) is 11.4. The fourth-order valence-corrected chi connectivity index (χ4v) is 2.20. The summed E-state index contributed by atoms with van der Waals surface area (Å²) < 4.78 is 0. The molecular weight excluding hydrogens is 228 g/mol. The number of aliphatic hydroxyl groups excluding tert-OH is 2. The summed E-state index contributed by atoms with van der Waals surface area (Å²) in [7, 11) is 0. The first-order chi connectivity index (χ1) is 8.45. The number of hydrogen-bond acceptors (Lipinski definition) is 3. The van der Waals surface area contributed by atoms with Gasteiger partial charge in [-0.25, -0.2) is 0 Å². The quantitative estimate of drug-likeness (QED) is 0.729. The lowest BCUT2D eigenvalue weighted by Crippen LogP contribution is -2.27. The van der Waals surface area contributed by atoms with Crippen molar-refractivity contribution in [3.05, 3.63) is 29.3 Å². The average molecular weight is 252 g/mol. The molecule has 0 saturated heterocycles. The molecule has 0 aliphatic rings. The first kappa shape index (κ1) is 15.0. The number of benzene rings is 1. The molecule has 3 unspecified atom stereocenters. The number of phenolic OH excluding ortho intramolecular Hbond substituents is 1. The summed E-state index contributed by atoms with van der Waals surface area (Å²) in [6, 6.07) is 5.46. The number of rotatable bonds is 6. The number of aromatic hydroxyl groups is 1. The largest absolute Gasteiger partial charge is 0.508 e. The Kier molecular flexibility index (Phi) is 5.63. The average Bonchev–Trinajstić information content (AvgIpc) is 2.32. The number of aliphatic hydroxyl groups is 2. The molecule has 3 N–H and O–H groups in total. The summed E-state index contributed by atoms with van der Waals surface area (Å²) in [5.74, 6) is 0.275. The van der Waals surface area contributed by atoms with Gasteiger partial charge in [-0.2, -0.15) is 0 Å². The molecule has 1 rings (SSSR count). The van der Waals surface area contributed by atoms with Gasteiger partial charge in [0.15, 0.2) is 0 Å². The lowest BCUT2D eigenvalue weighted by molar-refractivity contribution is 0.00628. The third kappa shape index (κ3) is 4.00. The summed E-state index contributed by atoms with van der Waals surface area (Å²) in [6.07, 6.45) is 0.498. The fourth-order valence-electron chi connectivity index (χ4n) is 2.20. The van der Waals surface area contributed by atoms with Gasteiger partial charge in [0, 0.05) is 0 Å². The predicted molar refractivity (Wildman–Crippen MR) is 72.8 cm³/mol. The highest BCUT2D eigenvalue weighted by Crippen LogP contribution is 2.30. The molecule has 3 atom stereocenters. The monoisotopic (exact) mass is 252 g/mol. The van der Waals surface area contributed by atoms with Gasteiger partial charge < -0.3 is 15.3 Å². The van der Waals surface area contributed by atoms with Gasteiger partial charge in [0.25, 0.3) is 0 Å². The molecule has 0 aromatic heterocycles. The SMILES string of the molecule is CCCC(O)C(O)CC(C)c1cc(C)ccc1O. The van der Waals surface area contributed by atoms with E-state index in [1.165, 1.54) is 0 Å². The van der Waals surface area contributed by atoms with Gasteiger partial charge in [0.2, 0.25) is 0 Å². The van der Waals surface area contributed by atoms with E-state index in [0.717, 1.165) is 17.5 Å². The Hall–Kier alpha value is -1.06. The maximum absolute atomic E-state index is 9.91. The number of hydrogen-bond donors (Lipinski definition) is 3. The van der Waals surface area contributed by atoms with Crippen molar-refractivity contribution >= 4 is 0 Å². The smallest absolute Gasteiger partial charge is 0.119 e. The summed E-state index contributed by atoms with van der Waals surface area (Å²) in [6.45, 7) is 5.90. The van der Waals surface area contributed by atoms with Crippen LogP contribution in [0.15, 0.2) is 18.2 Å². The van der Waals surface area contributed by atoms with E-state index in [2.05, 4.69) is 0 Å². The van der Waals surface area contributed by atoms with Crippen LogP contribution in [0.1, 0.15) is 50.2 Å². The van der Waals surface area contributed by atoms with Crippen LogP contribution in [0.4, 0.5) is 0 Å². The maximum atomic E-state index is 9.91. The van der Waals surface area contributed by atoms with Crippen molar-refractivity contribution < 1.29 is 15.3 Å². The Bertz CT molecular complexity index is 376. The Morgan fingerprint density at radius 2 is 1.83 bits per heavy atom. The van der Waals surface area contributed by atoms with Gasteiger partial charge in [0.1, 0.15) is 5.75 Å². The van der Waals surface area contributed by atoms with Crippen molar-refractivity contribution in [3.8, 4) is 5.75 Å². The van der Waals surface area contributed by atoms with Gasteiger partial charge in [-0.05, 0) is 37.3 Å². The normalized spacial score (nSPS) is 16.3. The van der Waals surface area contributed by atoms with E-state index >= 15 is 0 Å². The topological polar surface area (TPSA) is 60.7 Å². The molecule has 3 heteroatoms. The van der Waals surface area contributed by atoms with Gasteiger partial charge in [-0.1, -0.05) is 38.0 Å². The summed E-state index contributed by atoms with van der Waals surface area (Å²) in [5.41, 5.74) is 1.91. The van der Waals surface area contributed by atoms with Gasteiger partial charge in [-0.15, -0.1) is 0 Å². The molecule has 0 saturated carbocycles. The second kappa shape index (κ2) is 6.76. The van der Waals surface area contributed by atoms with Gasteiger partial charge in [-0.3, -0.25) is 0 Å². The molecule has 0 heterocycles. The van der Waals surface area contributed by atoms with Crippen molar-refractivity contribution in [2.75, 3.05) is 0 Å². The van der Waals surface area contributed by atoms with E-state index in [0.29, 0.717) is 12.8 Å². The molecule has 0 radical (unpaired) electrons. The lowest BCUT2D eigenvalue weighted by Gasteiger charge is -2.22. The van der Waals surface area contributed by atoms with Crippen LogP contribution in [0.25, 0.3) is 0 Å².